The number of carbonyl (C=O) groups is 2. The highest BCUT2D eigenvalue weighted by Crippen LogP contribution is 2.06. The molecule has 0 bridgehead atoms. The normalized spacial score (nSPS) is 10.9. The van der Waals surface area contributed by atoms with Crippen molar-refractivity contribution < 1.29 is 42.7 Å². The zero-order valence-electron chi connectivity index (χ0n) is 24.5. The van der Waals surface area contributed by atoms with Crippen molar-refractivity contribution in [3.63, 3.8) is 0 Å². The van der Waals surface area contributed by atoms with Crippen molar-refractivity contribution in [2.24, 2.45) is 10.2 Å². The molecular formula is C24H46N8O9. The van der Waals surface area contributed by atoms with E-state index in [0.29, 0.717) is 79.2 Å². The highest BCUT2D eigenvalue weighted by molar-refractivity contribution is 5.76. The minimum absolute atomic E-state index is 0.138. The molecular weight excluding hydrogens is 544 g/mol. The van der Waals surface area contributed by atoms with Crippen LogP contribution in [0.4, 0.5) is 4.79 Å². The Balaban J connectivity index is 4.11. The molecule has 41 heavy (non-hydrogen) atoms. The van der Waals surface area contributed by atoms with Gasteiger partial charge in [-0.15, -0.1) is 0 Å². The van der Waals surface area contributed by atoms with Gasteiger partial charge in [0, 0.05) is 42.5 Å². The molecule has 0 aromatic rings. The number of ether oxygens (including phenoxy) is 7. The maximum Gasteiger partial charge on any atom is 0.407 e. The topological polar surface area (TPSA) is 212 Å². The van der Waals surface area contributed by atoms with Crippen LogP contribution in [0.5, 0.6) is 0 Å². The molecule has 0 saturated heterocycles. The summed E-state index contributed by atoms with van der Waals surface area (Å²) in [6, 6.07) is 0. The molecule has 17 nitrogen and oxygen atoms in total. The quantitative estimate of drug-likeness (QED) is 0.0643. The maximum absolute atomic E-state index is 12.8. The first-order valence-electron chi connectivity index (χ1n) is 13.5. The first kappa shape index (κ1) is 38.1. The van der Waals surface area contributed by atoms with Crippen LogP contribution in [0.2, 0.25) is 0 Å². The molecule has 0 radical (unpaired) electrons. The molecule has 0 aliphatic heterocycles. The van der Waals surface area contributed by atoms with E-state index in [9.17, 15) is 9.59 Å². The van der Waals surface area contributed by atoms with Gasteiger partial charge in [0.2, 0.25) is 5.91 Å². The Labute approximate surface area is 241 Å². The highest BCUT2D eigenvalue weighted by Gasteiger charge is 2.17. The van der Waals surface area contributed by atoms with Crippen LogP contribution in [-0.2, 0) is 38.0 Å². The second-order valence-electron chi connectivity index (χ2n) is 9.14. The van der Waals surface area contributed by atoms with Gasteiger partial charge < -0.3 is 43.4 Å². The van der Waals surface area contributed by atoms with Gasteiger partial charge in [-0.2, -0.15) is 0 Å². The van der Waals surface area contributed by atoms with Crippen molar-refractivity contribution in [2.75, 3.05) is 112 Å². The summed E-state index contributed by atoms with van der Waals surface area (Å²) in [4.78, 5) is 31.5. The van der Waals surface area contributed by atoms with Gasteiger partial charge >= 0.3 is 6.09 Å². The standard InChI is InChI=1S/C24H46N8O9/c1-24(2,3)41-23(34)27-5-8-32(9-13-38-17-15-36-11-6-28-30-25)22(33)4-10-35-14-18-39-20-21-40-19-16-37-12-7-29-31-26/h4-21H2,1-3H3,(H,27,34). The number of nitrogens with zero attached hydrogens (tertiary/aromatic N) is 7. The summed E-state index contributed by atoms with van der Waals surface area (Å²) in [6.45, 7) is 10.9. The third kappa shape index (κ3) is 28.4. The lowest BCUT2D eigenvalue weighted by atomic mass is 10.2. The van der Waals surface area contributed by atoms with Crippen LogP contribution < -0.4 is 5.32 Å². The SMILES string of the molecule is CC(C)(C)OC(=O)NCCN(CCOCCOCCN=[N+]=[N-])C(=O)CCOCCOCCOCCOCCN=[N+]=[N-]. The zero-order valence-corrected chi connectivity index (χ0v) is 24.5. The van der Waals surface area contributed by atoms with E-state index in [-0.39, 0.29) is 45.2 Å². The average Bonchev–Trinajstić information content (AvgIpc) is 2.92. The van der Waals surface area contributed by atoms with Crippen molar-refractivity contribution >= 4 is 12.0 Å². The summed E-state index contributed by atoms with van der Waals surface area (Å²) in [6.07, 6.45) is -0.388. The van der Waals surface area contributed by atoms with E-state index in [4.69, 9.17) is 44.2 Å². The van der Waals surface area contributed by atoms with Crippen molar-refractivity contribution in [2.45, 2.75) is 32.8 Å². The van der Waals surface area contributed by atoms with Gasteiger partial charge in [0.25, 0.3) is 0 Å². The monoisotopic (exact) mass is 590 g/mol. The molecule has 2 amide bonds. The number of amides is 2. The Kier molecular flexibility index (Phi) is 25.4. The van der Waals surface area contributed by atoms with Gasteiger partial charge in [0.1, 0.15) is 5.60 Å². The summed E-state index contributed by atoms with van der Waals surface area (Å²) in [5.74, 6) is -0.138. The molecule has 0 saturated carbocycles. The Morgan fingerprint density at radius 1 is 0.683 bits per heavy atom. The van der Waals surface area contributed by atoms with E-state index in [2.05, 4.69) is 25.4 Å². The number of hydrogen-bond acceptors (Lipinski definition) is 11. The van der Waals surface area contributed by atoms with Crippen molar-refractivity contribution in [3.05, 3.63) is 20.9 Å². The summed E-state index contributed by atoms with van der Waals surface area (Å²) >= 11 is 0. The van der Waals surface area contributed by atoms with Crippen LogP contribution in [0.3, 0.4) is 0 Å². The second-order valence-corrected chi connectivity index (χ2v) is 9.14. The summed E-state index contributed by atoms with van der Waals surface area (Å²) in [5.41, 5.74) is 15.8. The minimum Gasteiger partial charge on any atom is -0.444 e. The van der Waals surface area contributed by atoms with E-state index in [1.165, 1.54) is 0 Å². The van der Waals surface area contributed by atoms with Gasteiger partial charge in [0.05, 0.1) is 85.7 Å². The molecule has 0 atom stereocenters. The van der Waals surface area contributed by atoms with Crippen LogP contribution in [0, 0.1) is 0 Å². The largest absolute Gasteiger partial charge is 0.444 e. The smallest absolute Gasteiger partial charge is 0.407 e. The van der Waals surface area contributed by atoms with E-state index < -0.39 is 11.7 Å². The lowest BCUT2D eigenvalue weighted by molar-refractivity contribution is -0.133. The van der Waals surface area contributed by atoms with Gasteiger partial charge in [-0.3, -0.25) is 4.79 Å². The molecule has 0 rings (SSSR count). The summed E-state index contributed by atoms with van der Waals surface area (Å²) < 4.78 is 37.5. The van der Waals surface area contributed by atoms with E-state index in [1.807, 2.05) is 0 Å². The van der Waals surface area contributed by atoms with E-state index in [1.54, 1.807) is 25.7 Å². The molecule has 1 N–H and O–H groups in total. The van der Waals surface area contributed by atoms with Crippen LogP contribution >= 0.6 is 0 Å². The third-order valence-electron chi connectivity index (χ3n) is 4.65. The predicted molar refractivity (Wildman–Crippen MR) is 148 cm³/mol. The minimum atomic E-state index is -0.616. The lowest BCUT2D eigenvalue weighted by Gasteiger charge is -2.24. The number of carbonyl (C=O) groups excluding carboxylic acids is 2. The fourth-order valence-corrected chi connectivity index (χ4v) is 2.84. The molecule has 236 valence electrons. The number of rotatable bonds is 27. The molecule has 17 heteroatoms. The number of hydrogen-bond donors (Lipinski definition) is 1. The van der Waals surface area contributed by atoms with Crippen LogP contribution in [0.1, 0.15) is 27.2 Å². The molecule has 0 spiro atoms. The first-order chi connectivity index (χ1) is 19.8. The highest BCUT2D eigenvalue weighted by atomic mass is 16.6. The average molecular weight is 591 g/mol. The van der Waals surface area contributed by atoms with Crippen LogP contribution in [0.15, 0.2) is 10.2 Å². The fourth-order valence-electron chi connectivity index (χ4n) is 2.84. The zero-order chi connectivity index (χ0) is 30.4. The maximum atomic E-state index is 12.8. The Hall–Kier alpha value is -2.88. The number of nitrogens with one attached hydrogen (secondary N) is 1. The van der Waals surface area contributed by atoms with E-state index >= 15 is 0 Å². The van der Waals surface area contributed by atoms with Gasteiger partial charge in [0.15, 0.2) is 0 Å². The van der Waals surface area contributed by atoms with Gasteiger partial charge in [-0.1, -0.05) is 10.2 Å². The van der Waals surface area contributed by atoms with Crippen LogP contribution in [0.25, 0.3) is 20.9 Å². The van der Waals surface area contributed by atoms with Crippen molar-refractivity contribution in [1.29, 1.82) is 0 Å². The number of alkyl carbamates (subject to hydrolysis) is 1. The van der Waals surface area contributed by atoms with Crippen molar-refractivity contribution in [3.8, 4) is 0 Å². The fraction of sp³-hybridized carbons (Fsp3) is 0.917. The molecule has 0 aromatic heterocycles. The van der Waals surface area contributed by atoms with E-state index in [0.717, 1.165) is 0 Å². The molecule has 0 unspecified atom stereocenters. The Morgan fingerprint density at radius 3 is 1.59 bits per heavy atom. The predicted octanol–water partition coefficient (Wildman–Crippen LogP) is 2.45. The number of azide groups is 2. The molecule has 0 aliphatic rings. The van der Waals surface area contributed by atoms with Gasteiger partial charge in [-0.25, -0.2) is 4.79 Å². The molecule has 0 heterocycles. The summed E-state index contributed by atoms with van der Waals surface area (Å²) in [7, 11) is 0. The van der Waals surface area contributed by atoms with Gasteiger partial charge in [-0.05, 0) is 31.8 Å². The second kappa shape index (κ2) is 27.3. The molecule has 0 fully saturated rings. The Bertz CT molecular complexity index is 773. The first-order valence-corrected chi connectivity index (χ1v) is 13.5. The third-order valence-corrected chi connectivity index (χ3v) is 4.65. The van der Waals surface area contributed by atoms with Crippen molar-refractivity contribution in [1.82, 2.24) is 10.2 Å². The lowest BCUT2D eigenvalue weighted by Crippen LogP contribution is -2.42. The Morgan fingerprint density at radius 2 is 1.12 bits per heavy atom. The molecule has 0 aliphatic carbocycles. The molecule has 0 aromatic carbocycles. The summed E-state index contributed by atoms with van der Waals surface area (Å²) in [5, 5.41) is 9.39. The van der Waals surface area contributed by atoms with Crippen LogP contribution in [-0.4, -0.2) is 135 Å².